The summed E-state index contributed by atoms with van der Waals surface area (Å²) in [6, 6.07) is 10.0. The van der Waals surface area contributed by atoms with Crippen LogP contribution >= 0.6 is 15.9 Å². The lowest BCUT2D eigenvalue weighted by molar-refractivity contribution is -0.384. The van der Waals surface area contributed by atoms with Gasteiger partial charge in [-0.1, -0.05) is 12.1 Å². The lowest BCUT2D eigenvalue weighted by Crippen LogP contribution is -2.14. The van der Waals surface area contributed by atoms with Crippen LogP contribution in [0.5, 0.6) is 0 Å². The first kappa shape index (κ1) is 16.2. The van der Waals surface area contributed by atoms with Crippen molar-refractivity contribution >= 4 is 44.2 Å². The summed E-state index contributed by atoms with van der Waals surface area (Å²) < 4.78 is 5.94. The van der Waals surface area contributed by atoms with E-state index in [0.717, 1.165) is 22.1 Å². The largest absolute Gasteiger partial charge is 0.464 e. The maximum Gasteiger partial charge on any atom is 0.270 e. The predicted octanol–water partition coefficient (Wildman–Crippen LogP) is 4.59. The van der Waals surface area contributed by atoms with Gasteiger partial charge in [0.2, 0.25) is 5.91 Å². The van der Waals surface area contributed by atoms with Gasteiger partial charge in [0.1, 0.15) is 5.58 Å². The lowest BCUT2D eigenvalue weighted by Gasteiger charge is -2.06. The molecule has 0 spiro atoms. The number of carbonyl (C=O) groups is 1. The van der Waals surface area contributed by atoms with Crippen LogP contribution in [0.4, 0.5) is 11.4 Å². The smallest absolute Gasteiger partial charge is 0.270 e. The Kier molecular flexibility index (Phi) is 4.35. The highest BCUT2D eigenvalue weighted by atomic mass is 79.9. The second-order valence-electron chi connectivity index (χ2n) is 5.41. The number of halogens is 1. The number of non-ortho nitro benzene ring substituents is 1. The molecule has 24 heavy (non-hydrogen) atoms. The minimum Gasteiger partial charge on any atom is -0.464 e. The van der Waals surface area contributed by atoms with Crippen molar-refractivity contribution in [2.45, 2.75) is 13.3 Å². The Bertz CT molecular complexity index is 949. The number of carbonyl (C=O) groups excluding carboxylic acids is 1. The van der Waals surface area contributed by atoms with E-state index in [1.165, 1.54) is 18.2 Å². The van der Waals surface area contributed by atoms with Crippen molar-refractivity contribution in [1.82, 2.24) is 0 Å². The number of aryl methyl sites for hydroxylation is 1. The van der Waals surface area contributed by atoms with Gasteiger partial charge in [0, 0.05) is 27.6 Å². The SMILES string of the molecule is Cc1ccc2c(CC(=O)Nc3ccc([N+](=O)[O-])cc3Br)coc2c1. The van der Waals surface area contributed by atoms with Gasteiger partial charge < -0.3 is 9.73 Å². The Morgan fingerprint density at radius 2 is 2.08 bits per heavy atom. The van der Waals surface area contributed by atoms with Crippen LogP contribution in [0.2, 0.25) is 0 Å². The maximum absolute atomic E-state index is 12.3. The molecule has 1 amide bonds. The number of amides is 1. The fourth-order valence-corrected chi connectivity index (χ4v) is 2.88. The number of fused-ring (bicyclic) bond motifs is 1. The highest BCUT2D eigenvalue weighted by molar-refractivity contribution is 9.10. The Morgan fingerprint density at radius 1 is 1.29 bits per heavy atom. The molecule has 7 heteroatoms. The first-order valence-electron chi connectivity index (χ1n) is 7.14. The van der Waals surface area contributed by atoms with Gasteiger partial charge in [-0.05, 0) is 40.5 Å². The number of rotatable bonds is 4. The van der Waals surface area contributed by atoms with E-state index < -0.39 is 4.92 Å². The molecule has 0 saturated carbocycles. The molecule has 0 bridgehead atoms. The summed E-state index contributed by atoms with van der Waals surface area (Å²) >= 11 is 3.23. The number of nitrogens with one attached hydrogen (secondary N) is 1. The topological polar surface area (TPSA) is 85.4 Å². The van der Waals surface area contributed by atoms with Crippen molar-refractivity contribution in [2.24, 2.45) is 0 Å². The molecule has 6 nitrogen and oxygen atoms in total. The van der Waals surface area contributed by atoms with Gasteiger partial charge in [-0.3, -0.25) is 14.9 Å². The van der Waals surface area contributed by atoms with Crippen molar-refractivity contribution in [2.75, 3.05) is 5.32 Å². The van der Waals surface area contributed by atoms with Crippen LogP contribution in [0.1, 0.15) is 11.1 Å². The first-order valence-corrected chi connectivity index (χ1v) is 7.94. The lowest BCUT2D eigenvalue weighted by atomic mass is 10.1. The van der Waals surface area contributed by atoms with Gasteiger partial charge in [-0.25, -0.2) is 0 Å². The van der Waals surface area contributed by atoms with Gasteiger partial charge in [-0.15, -0.1) is 0 Å². The number of furan rings is 1. The molecule has 0 unspecified atom stereocenters. The molecule has 0 aliphatic heterocycles. The van der Waals surface area contributed by atoms with Crippen molar-refractivity contribution in [3.8, 4) is 0 Å². The zero-order valence-corrected chi connectivity index (χ0v) is 14.3. The molecule has 0 aliphatic carbocycles. The minimum atomic E-state index is -0.490. The van der Waals surface area contributed by atoms with Crippen molar-refractivity contribution in [3.05, 3.63) is 68.4 Å². The number of hydrogen-bond acceptors (Lipinski definition) is 4. The fraction of sp³-hybridized carbons (Fsp3) is 0.118. The minimum absolute atomic E-state index is 0.0453. The van der Waals surface area contributed by atoms with Crippen LogP contribution in [0.15, 0.2) is 51.6 Å². The average Bonchev–Trinajstić information content (AvgIpc) is 2.91. The monoisotopic (exact) mass is 388 g/mol. The Hall–Kier alpha value is -2.67. The summed E-state index contributed by atoms with van der Waals surface area (Å²) in [5.41, 5.74) is 3.06. The molecule has 0 fully saturated rings. The summed E-state index contributed by atoms with van der Waals surface area (Å²) in [5, 5.41) is 14.4. The zero-order chi connectivity index (χ0) is 17.3. The molecule has 3 rings (SSSR count). The van der Waals surface area contributed by atoms with Gasteiger partial charge in [0.25, 0.3) is 5.69 Å². The van der Waals surface area contributed by atoms with Crippen molar-refractivity contribution in [1.29, 1.82) is 0 Å². The number of nitro groups is 1. The van der Waals surface area contributed by atoms with E-state index in [1.54, 1.807) is 6.26 Å². The van der Waals surface area contributed by atoms with E-state index in [0.29, 0.717) is 10.2 Å². The van der Waals surface area contributed by atoms with Gasteiger partial charge >= 0.3 is 0 Å². The number of nitro benzene ring substituents is 1. The number of hydrogen-bond donors (Lipinski definition) is 1. The van der Waals surface area contributed by atoms with Crippen LogP contribution < -0.4 is 5.32 Å². The quantitative estimate of drug-likeness (QED) is 0.522. The molecule has 0 aliphatic rings. The molecule has 0 saturated heterocycles. The summed E-state index contributed by atoms with van der Waals surface area (Å²) in [6.07, 6.45) is 1.73. The normalized spacial score (nSPS) is 10.8. The van der Waals surface area contributed by atoms with Crippen molar-refractivity contribution in [3.63, 3.8) is 0 Å². The fourth-order valence-electron chi connectivity index (χ4n) is 2.41. The van der Waals surface area contributed by atoms with E-state index in [1.807, 2.05) is 25.1 Å². The molecule has 1 N–H and O–H groups in total. The third kappa shape index (κ3) is 3.30. The van der Waals surface area contributed by atoms with E-state index in [9.17, 15) is 14.9 Å². The van der Waals surface area contributed by atoms with Gasteiger partial charge in [-0.2, -0.15) is 0 Å². The number of benzene rings is 2. The van der Waals surface area contributed by atoms with E-state index in [-0.39, 0.29) is 18.0 Å². The highest BCUT2D eigenvalue weighted by Gasteiger charge is 2.14. The van der Waals surface area contributed by atoms with Crippen LogP contribution in [-0.2, 0) is 11.2 Å². The molecule has 122 valence electrons. The summed E-state index contributed by atoms with van der Waals surface area (Å²) in [5.74, 6) is -0.229. The van der Waals surface area contributed by atoms with Crippen LogP contribution in [0, 0.1) is 17.0 Å². The highest BCUT2D eigenvalue weighted by Crippen LogP contribution is 2.28. The molecule has 0 radical (unpaired) electrons. The first-order chi connectivity index (χ1) is 11.4. The molecule has 2 aromatic carbocycles. The number of anilines is 1. The molecule has 3 aromatic rings. The Balaban J connectivity index is 1.76. The maximum atomic E-state index is 12.3. The van der Waals surface area contributed by atoms with Gasteiger partial charge in [0.05, 0.1) is 23.3 Å². The Labute approximate surface area is 145 Å². The third-order valence-electron chi connectivity index (χ3n) is 3.60. The average molecular weight is 389 g/mol. The molecule has 0 atom stereocenters. The predicted molar refractivity (Wildman–Crippen MR) is 94.1 cm³/mol. The van der Waals surface area contributed by atoms with Crippen LogP contribution in [0.25, 0.3) is 11.0 Å². The van der Waals surface area contributed by atoms with Crippen LogP contribution in [0.3, 0.4) is 0 Å². The second-order valence-corrected chi connectivity index (χ2v) is 6.26. The number of nitrogens with zero attached hydrogens (tertiary/aromatic N) is 1. The van der Waals surface area contributed by atoms with E-state index >= 15 is 0 Å². The zero-order valence-electron chi connectivity index (χ0n) is 12.7. The summed E-state index contributed by atoms with van der Waals surface area (Å²) in [4.78, 5) is 22.5. The molecule has 1 aromatic heterocycles. The summed E-state index contributed by atoms with van der Waals surface area (Å²) in [7, 11) is 0. The van der Waals surface area contributed by atoms with Crippen molar-refractivity contribution < 1.29 is 14.1 Å². The van der Waals surface area contributed by atoms with Crippen LogP contribution in [-0.4, -0.2) is 10.8 Å². The third-order valence-corrected chi connectivity index (χ3v) is 4.26. The molecular weight excluding hydrogens is 376 g/mol. The van der Waals surface area contributed by atoms with E-state index in [4.69, 9.17) is 4.42 Å². The summed E-state index contributed by atoms with van der Waals surface area (Å²) in [6.45, 7) is 1.97. The molecule has 1 heterocycles. The second kappa shape index (κ2) is 6.45. The van der Waals surface area contributed by atoms with E-state index in [2.05, 4.69) is 21.2 Å². The van der Waals surface area contributed by atoms with Gasteiger partial charge in [0.15, 0.2) is 0 Å². The standard InChI is InChI=1S/C17H13BrN2O4/c1-10-2-4-13-11(9-24-16(13)6-10)7-17(21)19-15-5-3-12(20(22)23)8-14(15)18/h2-6,8-9H,7H2,1H3,(H,19,21). The Morgan fingerprint density at radius 3 is 2.79 bits per heavy atom. The molecular formula is C17H13BrN2O4.